The molecule has 1 aromatic carbocycles. The summed E-state index contributed by atoms with van der Waals surface area (Å²) < 4.78 is 16.8. The molecule has 0 aliphatic carbocycles. The number of carbonyl (C=O) groups excluding carboxylic acids is 3. The molecule has 1 aromatic rings. The van der Waals surface area contributed by atoms with Gasteiger partial charge in [0.05, 0.1) is 18.1 Å². The van der Waals surface area contributed by atoms with Gasteiger partial charge in [0.15, 0.2) is 11.5 Å². The largest absolute Gasteiger partial charge is 0.490 e. The Bertz CT molecular complexity index is 854. The number of carbonyl (C=O) groups is 3. The molecule has 1 fully saturated rings. The lowest BCUT2D eigenvalue weighted by molar-refractivity contribution is -0.150. The second kappa shape index (κ2) is 10.5. The van der Waals surface area contributed by atoms with Crippen molar-refractivity contribution >= 4 is 50.9 Å². The number of benzene rings is 1. The molecule has 156 valence electrons. The van der Waals surface area contributed by atoms with Crippen molar-refractivity contribution in [3.8, 4) is 11.5 Å². The maximum atomic E-state index is 12.7. The Kier molecular flexibility index (Phi) is 8.33. The van der Waals surface area contributed by atoms with Crippen molar-refractivity contribution in [2.75, 3.05) is 19.8 Å². The number of imide groups is 1. The van der Waals surface area contributed by atoms with Gasteiger partial charge in [-0.3, -0.25) is 14.5 Å². The summed E-state index contributed by atoms with van der Waals surface area (Å²) in [4.78, 5) is 38.1. The quantitative estimate of drug-likeness (QED) is 0.292. The molecule has 0 bridgehead atoms. The second-order valence-electron chi connectivity index (χ2n) is 5.83. The summed E-state index contributed by atoms with van der Waals surface area (Å²) in [5.41, 5.74) is 0.633. The lowest BCUT2D eigenvalue weighted by atomic mass is 10.1. The SMILES string of the molecule is C=CCOc1cc(Br)c(/C=C2\SC(=O)N([C@@H](C)C(=O)OCC)C2=O)cc1OCC. The molecular weight excluding hydrogens is 462 g/mol. The van der Waals surface area contributed by atoms with Crippen LogP contribution in [0.3, 0.4) is 0 Å². The zero-order valence-corrected chi connectivity index (χ0v) is 18.8. The summed E-state index contributed by atoms with van der Waals surface area (Å²) in [6, 6.07) is 2.45. The number of nitrogens with zero attached hydrogens (tertiary/aromatic N) is 1. The highest BCUT2D eigenvalue weighted by Crippen LogP contribution is 2.38. The van der Waals surface area contributed by atoms with Gasteiger partial charge >= 0.3 is 5.97 Å². The van der Waals surface area contributed by atoms with Crippen LogP contribution in [0.4, 0.5) is 4.79 Å². The Morgan fingerprint density at radius 3 is 2.55 bits per heavy atom. The van der Waals surface area contributed by atoms with E-state index in [2.05, 4.69) is 22.5 Å². The predicted octanol–water partition coefficient (Wildman–Crippen LogP) is 4.40. The molecule has 0 spiro atoms. The van der Waals surface area contributed by atoms with Gasteiger partial charge in [0, 0.05) is 4.47 Å². The van der Waals surface area contributed by atoms with Crippen LogP contribution < -0.4 is 9.47 Å². The minimum Gasteiger partial charge on any atom is -0.490 e. The van der Waals surface area contributed by atoms with Gasteiger partial charge in [-0.2, -0.15) is 0 Å². The first-order valence-electron chi connectivity index (χ1n) is 8.97. The highest BCUT2D eigenvalue weighted by molar-refractivity contribution is 9.10. The molecule has 0 N–H and O–H groups in total. The zero-order valence-electron chi connectivity index (χ0n) is 16.4. The van der Waals surface area contributed by atoms with Gasteiger partial charge in [-0.15, -0.1) is 0 Å². The van der Waals surface area contributed by atoms with Crippen LogP contribution in [0, 0.1) is 0 Å². The van der Waals surface area contributed by atoms with Gasteiger partial charge < -0.3 is 14.2 Å². The first-order chi connectivity index (χ1) is 13.8. The maximum absolute atomic E-state index is 12.7. The van der Waals surface area contributed by atoms with Crippen LogP contribution in [0.1, 0.15) is 26.3 Å². The first-order valence-corrected chi connectivity index (χ1v) is 10.6. The molecule has 0 radical (unpaired) electrons. The predicted molar refractivity (Wildman–Crippen MR) is 115 cm³/mol. The van der Waals surface area contributed by atoms with E-state index >= 15 is 0 Å². The van der Waals surface area contributed by atoms with Crippen LogP contribution in [0.15, 0.2) is 34.2 Å². The van der Waals surface area contributed by atoms with E-state index in [1.54, 1.807) is 31.2 Å². The van der Waals surface area contributed by atoms with Crippen molar-refractivity contribution in [2.45, 2.75) is 26.8 Å². The van der Waals surface area contributed by atoms with Crippen LogP contribution in [-0.4, -0.2) is 47.9 Å². The fourth-order valence-electron chi connectivity index (χ4n) is 2.51. The Morgan fingerprint density at radius 2 is 1.93 bits per heavy atom. The number of thioether (sulfide) groups is 1. The Hall–Kier alpha value is -2.26. The molecule has 2 rings (SSSR count). The van der Waals surface area contributed by atoms with Gasteiger partial charge in [0.2, 0.25) is 0 Å². The zero-order chi connectivity index (χ0) is 21.6. The fourth-order valence-corrected chi connectivity index (χ4v) is 3.85. The number of ether oxygens (including phenoxy) is 3. The van der Waals surface area contributed by atoms with Crippen molar-refractivity contribution in [2.24, 2.45) is 0 Å². The van der Waals surface area contributed by atoms with E-state index in [4.69, 9.17) is 14.2 Å². The van der Waals surface area contributed by atoms with Crippen molar-refractivity contribution < 1.29 is 28.6 Å². The standard InChI is InChI=1S/C20H22BrNO6S/c1-5-8-28-16-11-14(21)13(9-15(16)26-6-2)10-17-18(23)22(20(25)29-17)12(4)19(24)27-7-3/h5,9-12H,1,6-8H2,2-4H3/b17-10-/t12-/m0/s1. The molecule has 1 aliphatic heterocycles. The summed E-state index contributed by atoms with van der Waals surface area (Å²) in [6.45, 7) is 9.51. The molecule has 1 saturated heterocycles. The van der Waals surface area contributed by atoms with E-state index < -0.39 is 23.2 Å². The van der Waals surface area contributed by atoms with Crippen LogP contribution in [0.2, 0.25) is 0 Å². The fraction of sp³-hybridized carbons (Fsp3) is 0.350. The summed E-state index contributed by atoms with van der Waals surface area (Å²) >= 11 is 4.23. The molecule has 1 atom stereocenters. The highest BCUT2D eigenvalue weighted by atomic mass is 79.9. The molecular formula is C20H22BrNO6S. The monoisotopic (exact) mass is 483 g/mol. The highest BCUT2D eigenvalue weighted by Gasteiger charge is 2.41. The molecule has 1 aliphatic rings. The number of hydrogen-bond donors (Lipinski definition) is 0. The second-order valence-corrected chi connectivity index (χ2v) is 7.68. The maximum Gasteiger partial charge on any atom is 0.329 e. The number of rotatable bonds is 9. The first kappa shape index (κ1) is 23.0. The molecule has 9 heteroatoms. The molecule has 0 unspecified atom stereocenters. The van der Waals surface area contributed by atoms with E-state index in [1.807, 2.05) is 6.92 Å². The summed E-state index contributed by atoms with van der Waals surface area (Å²) in [6.07, 6.45) is 3.20. The minimum atomic E-state index is -0.995. The van der Waals surface area contributed by atoms with Crippen LogP contribution in [0.5, 0.6) is 11.5 Å². The third-order valence-corrected chi connectivity index (χ3v) is 5.42. The molecule has 0 saturated carbocycles. The topological polar surface area (TPSA) is 82.1 Å². The smallest absolute Gasteiger partial charge is 0.329 e. The van der Waals surface area contributed by atoms with Gasteiger partial charge in [0.1, 0.15) is 12.6 Å². The number of esters is 1. The third kappa shape index (κ3) is 5.42. The van der Waals surface area contributed by atoms with Crippen molar-refractivity contribution in [3.63, 3.8) is 0 Å². The van der Waals surface area contributed by atoms with Gasteiger partial charge in [0.25, 0.3) is 11.1 Å². The Balaban J connectivity index is 2.34. The van der Waals surface area contributed by atoms with Crippen molar-refractivity contribution in [1.29, 1.82) is 0 Å². The van der Waals surface area contributed by atoms with Crippen molar-refractivity contribution in [3.05, 3.63) is 39.7 Å². The summed E-state index contributed by atoms with van der Waals surface area (Å²) in [7, 11) is 0. The lowest BCUT2D eigenvalue weighted by Gasteiger charge is -2.19. The lowest BCUT2D eigenvalue weighted by Crippen LogP contribution is -2.42. The van der Waals surface area contributed by atoms with Crippen LogP contribution in [-0.2, 0) is 14.3 Å². The third-order valence-electron chi connectivity index (χ3n) is 3.84. The molecule has 1 heterocycles. The van der Waals surface area contributed by atoms with Crippen LogP contribution in [0.25, 0.3) is 6.08 Å². The molecule has 0 aromatic heterocycles. The van der Waals surface area contributed by atoms with Gasteiger partial charge in [-0.05, 0) is 56.3 Å². The average Bonchev–Trinajstić information content (AvgIpc) is 2.96. The molecule has 7 nitrogen and oxygen atoms in total. The molecule has 2 amide bonds. The Labute approximate surface area is 182 Å². The van der Waals surface area contributed by atoms with Gasteiger partial charge in [-0.25, -0.2) is 4.79 Å². The normalized spacial score (nSPS) is 16.1. The van der Waals surface area contributed by atoms with E-state index in [9.17, 15) is 14.4 Å². The number of halogens is 1. The number of hydrogen-bond acceptors (Lipinski definition) is 7. The summed E-state index contributed by atoms with van der Waals surface area (Å²) in [5, 5.41) is -0.520. The number of amides is 2. The van der Waals surface area contributed by atoms with E-state index in [1.165, 1.54) is 6.92 Å². The van der Waals surface area contributed by atoms with Gasteiger partial charge in [-0.1, -0.05) is 28.6 Å². The van der Waals surface area contributed by atoms with E-state index in [0.717, 1.165) is 16.7 Å². The van der Waals surface area contributed by atoms with Crippen LogP contribution >= 0.6 is 27.7 Å². The van der Waals surface area contributed by atoms with E-state index in [0.29, 0.717) is 34.7 Å². The summed E-state index contributed by atoms with van der Waals surface area (Å²) in [5.74, 6) is -0.139. The average molecular weight is 484 g/mol. The Morgan fingerprint density at radius 1 is 1.24 bits per heavy atom. The van der Waals surface area contributed by atoms with E-state index in [-0.39, 0.29) is 11.5 Å². The molecule has 29 heavy (non-hydrogen) atoms. The van der Waals surface area contributed by atoms with Crippen molar-refractivity contribution in [1.82, 2.24) is 4.90 Å². The minimum absolute atomic E-state index is 0.169.